The summed E-state index contributed by atoms with van der Waals surface area (Å²) in [6.45, 7) is 0.382. The molecule has 2 rings (SSSR count). The van der Waals surface area contributed by atoms with Crippen molar-refractivity contribution < 1.29 is 19.4 Å². The number of anilines is 1. The molecule has 0 heterocycles. The van der Waals surface area contributed by atoms with Gasteiger partial charge in [-0.1, -0.05) is 12.5 Å². The molecule has 1 aliphatic rings. The lowest BCUT2D eigenvalue weighted by Crippen LogP contribution is -2.35. The van der Waals surface area contributed by atoms with Gasteiger partial charge in [0.25, 0.3) is 0 Å². The lowest BCUT2D eigenvalue weighted by atomic mass is 9.96. The molecule has 21 heavy (non-hydrogen) atoms. The molecule has 1 aromatic rings. The first-order chi connectivity index (χ1) is 10.1. The van der Waals surface area contributed by atoms with Crippen LogP contribution < -0.4 is 15.4 Å². The summed E-state index contributed by atoms with van der Waals surface area (Å²) in [6, 6.07) is 6.72. The van der Waals surface area contributed by atoms with Gasteiger partial charge in [0.15, 0.2) is 0 Å². The van der Waals surface area contributed by atoms with Crippen LogP contribution in [0.5, 0.6) is 5.75 Å². The van der Waals surface area contributed by atoms with Crippen molar-refractivity contribution in [1.29, 1.82) is 0 Å². The van der Waals surface area contributed by atoms with E-state index in [4.69, 9.17) is 9.84 Å². The number of ether oxygens (including phenoxy) is 1. The number of methoxy groups -OCH3 is 1. The third-order valence-corrected chi connectivity index (χ3v) is 3.83. The number of nitrogens with one attached hydrogen (secondary N) is 2. The first kappa shape index (κ1) is 15.2. The van der Waals surface area contributed by atoms with Crippen LogP contribution in [0.4, 0.5) is 10.5 Å². The van der Waals surface area contributed by atoms with Gasteiger partial charge in [0.05, 0.1) is 13.0 Å². The summed E-state index contributed by atoms with van der Waals surface area (Å²) in [5.41, 5.74) is 0.632. The van der Waals surface area contributed by atoms with Crippen LogP contribution in [0, 0.1) is 11.8 Å². The predicted molar refractivity (Wildman–Crippen MR) is 78.5 cm³/mol. The quantitative estimate of drug-likeness (QED) is 0.777. The van der Waals surface area contributed by atoms with Gasteiger partial charge >= 0.3 is 12.0 Å². The number of hydrogen-bond acceptors (Lipinski definition) is 3. The highest BCUT2D eigenvalue weighted by Gasteiger charge is 2.32. The topological polar surface area (TPSA) is 87.7 Å². The van der Waals surface area contributed by atoms with E-state index in [0.29, 0.717) is 24.4 Å². The number of rotatable bonds is 5. The molecule has 6 nitrogen and oxygen atoms in total. The van der Waals surface area contributed by atoms with E-state index < -0.39 is 5.97 Å². The summed E-state index contributed by atoms with van der Waals surface area (Å²) in [6.07, 6.45) is 2.44. The van der Waals surface area contributed by atoms with Gasteiger partial charge in [0.1, 0.15) is 5.75 Å². The molecule has 0 aliphatic heterocycles. The highest BCUT2D eigenvalue weighted by Crippen LogP contribution is 2.31. The van der Waals surface area contributed by atoms with Crippen molar-refractivity contribution in [2.75, 3.05) is 19.0 Å². The number of carbonyl (C=O) groups excluding carboxylic acids is 1. The van der Waals surface area contributed by atoms with Gasteiger partial charge < -0.3 is 20.5 Å². The van der Waals surface area contributed by atoms with Crippen LogP contribution in [0.15, 0.2) is 24.3 Å². The van der Waals surface area contributed by atoms with Gasteiger partial charge in [0, 0.05) is 18.3 Å². The number of aliphatic carboxylic acids is 1. The van der Waals surface area contributed by atoms with Crippen molar-refractivity contribution in [3.8, 4) is 5.75 Å². The molecule has 2 atom stereocenters. The van der Waals surface area contributed by atoms with Gasteiger partial charge in [-0.3, -0.25) is 4.79 Å². The van der Waals surface area contributed by atoms with Gasteiger partial charge in [-0.15, -0.1) is 0 Å². The SMILES string of the molecule is COc1cccc(NC(=O)NCC2CCCC2C(=O)O)c1. The van der Waals surface area contributed by atoms with Crippen LogP contribution in [-0.4, -0.2) is 30.8 Å². The first-order valence-electron chi connectivity index (χ1n) is 7.02. The maximum absolute atomic E-state index is 11.8. The minimum absolute atomic E-state index is 0.0126. The van der Waals surface area contributed by atoms with Gasteiger partial charge in [0.2, 0.25) is 0 Å². The normalized spacial score (nSPS) is 20.8. The van der Waals surface area contributed by atoms with E-state index in [0.717, 1.165) is 12.8 Å². The van der Waals surface area contributed by atoms with Crippen molar-refractivity contribution in [1.82, 2.24) is 5.32 Å². The van der Waals surface area contributed by atoms with E-state index in [-0.39, 0.29) is 17.9 Å². The molecule has 6 heteroatoms. The average molecular weight is 292 g/mol. The highest BCUT2D eigenvalue weighted by molar-refractivity contribution is 5.89. The fourth-order valence-electron chi connectivity index (χ4n) is 2.71. The molecule has 1 aromatic carbocycles. The summed E-state index contributed by atoms with van der Waals surface area (Å²) in [7, 11) is 1.56. The molecule has 0 radical (unpaired) electrons. The molecule has 2 unspecified atom stereocenters. The van der Waals surface area contributed by atoms with Crippen molar-refractivity contribution >= 4 is 17.7 Å². The van der Waals surface area contributed by atoms with Crippen molar-refractivity contribution in [2.24, 2.45) is 11.8 Å². The van der Waals surface area contributed by atoms with Crippen LogP contribution in [0.2, 0.25) is 0 Å². The van der Waals surface area contributed by atoms with Crippen molar-refractivity contribution in [2.45, 2.75) is 19.3 Å². The minimum atomic E-state index is -0.771. The molecule has 0 aromatic heterocycles. The second-order valence-corrected chi connectivity index (χ2v) is 5.20. The number of urea groups is 1. The van der Waals surface area contributed by atoms with E-state index >= 15 is 0 Å². The molecule has 1 fully saturated rings. The Morgan fingerprint density at radius 2 is 2.19 bits per heavy atom. The molecule has 0 spiro atoms. The zero-order valence-electron chi connectivity index (χ0n) is 12.0. The lowest BCUT2D eigenvalue weighted by Gasteiger charge is -2.16. The van der Waals surface area contributed by atoms with Crippen LogP contribution in [0.1, 0.15) is 19.3 Å². The number of benzene rings is 1. The smallest absolute Gasteiger partial charge is 0.319 e. The maximum Gasteiger partial charge on any atom is 0.319 e. The largest absolute Gasteiger partial charge is 0.497 e. The zero-order chi connectivity index (χ0) is 15.2. The van der Waals surface area contributed by atoms with Crippen LogP contribution in [0.25, 0.3) is 0 Å². The first-order valence-corrected chi connectivity index (χ1v) is 7.02. The molecule has 1 saturated carbocycles. The monoisotopic (exact) mass is 292 g/mol. The number of carboxylic acid groups (broad SMARTS) is 1. The van der Waals surface area contributed by atoms with Crippen molar-refractivity contribution in [3.63, 3.8) is 0 Å². The number of amides is 2. The van der Waals surface area contributed by atoms with E-state index in [9.17, 15) is 9.59 Å². The molecule has 114 valence electrons. The minimum Gasteiger partial charge on any atom is -0.497 e. The Labute approximate surface area is 123 Å². The standard InChI is InChI=1S/C15H20N2O4/c1-21-12-6-3-5-11(8-12)17-15(20)16-9-10-4-2-7-13(10)14(18)19/h3,5-6,8,10,13H,2,4,7,9H2,1H3,(H,18,19)(H2,16,17,20). The summed E-state index contributed by atoms with van der Waals surface area (Å²) in [4.78, 5) is 22.9. The van der Waals surface area contributed by atoms with Gasteiger partial charge in [-0.25, -0.2) is 4.79 Å². The number of carbonyl (C=O) groups is 2. The maximum atomic E-state index is 11.8. The molecular formula is C15H20N2O4. The molecule has 1 aliphatic carbocycles. The summed E-state index contributed by atoms with van der Waals surface area (Å²) in [5.74, 6) is -0.442. The highest BCUT2D eigenvalue weighted by atomic mass is 16.5. The molecule has 0 bridgehead atoms. The molecule has 3 N–H and O–H groups in total. The second-order valence-electron chi connectivity index (χ2n) is 5.20. The second kappa shape index (κ2) is 6.97. The van der Waals surface area contributed by atoms with E-state index in [1.54, 1.807) is 31.4 Å². The Kier molecular flexibility index (Phi) is 5.03. The lowest BCUT2D eigenvalue weighted by molar-refractivity contribution is -0.142. The Bertz CT molecular complexity index is 518. The van der Waals surface area contributed by atoms with E-state index in [1.165, 1.54) is 0 Å². The van der Waals surface area contributed by atoms with Crippen LogP contribution in [-0.2, 0) is 4.79 Å². The Morgan fingerprint density at radius 1 is 1.38 bits per heavy atom. The average Bonchev–Trinajstić information content (AvgIpc) is 2.94. The fourth-order valence-corrected chi connectivity index (χ4v) is 2.71. The van der Waals surface area contributed by atoms with Crippen LogP contribution in [0.3, 0.4) is 0 Å². The summed E-state index contributed by atoms with van der Waals surface area (Å²) >= 11 is 0. The number of hydrogen-bond donors (Lipinski definition) is 3. The van der Waals surface area contributed by atoms with Crippen LogP contribution >= 0.6 is 0 Å². The number of carboxylic acids is 1. The molecular weight excluding hydrogens is 272 g/mol. The Balaban J connectivity index is 1.83. The zero-order valence-corrected chi connectivity index (χ0v) is 12.0. The van der Waals surface area contributed by atoms with E-state index in [1.807, 2.05) is 0 Å². The fraction of sp³-hybridized carbons (Fsp3) is 0.467. The third kappa shape index (κ3) is 4.11. The van der Waals surface area contributed by atoms with Gasteiger partial charge in [-0.2, -0.15) is 0 Å². The molecule has 2 amide bonds. The summed E-state index contributed by atoms with van der Waals surface area (Å²) < 4.78 is 5.08. The molecule has 0 saturated heterocycles. The predicted octanol–water partition coefficient (Wildman–Crippen LogP) is 2.32. The van der Waals surface area contributed by atoms with Crippen molar-refractivity contribution in [3.05, 3.63) is 24.3 Å². The summed E-state index contributed by atoms with van der Waals surface area (Å²) in [5, 5.41) is 14.5. The Morgan fingerprint density at radius 3 is 2.90 bits per heavy atom. The van der Waals surface area contributed by atoms with Gasteiger partial charge in [-0.05, 0) is 30.9 Å². The Hall–Kier alpha value is -2.24. The van der Waals surface area contributed by atoms with E-state index in [2.05, 4.69) is 10.6 Å². The third-order valence-electron chi connectivity index (χ3n) is 3.83.